The number of hydrogen-bond donors (Lipinski definition) is 2. The summed E-state index contributed by atoms with van der Waals surface area (Å²) in [6, 6.07) is 15.7. The molecule has 28 heavy (non-hydrogen) atoms. The van der Waals surface area contributed by atoms with Crippen LogP contribution in [-0.2, 0) is 0 Å². The molecule has 0 saturated carbocycles. The van der Waals surface area contributed by atoms with E-state index >= 15 is 0 Å². The predicted molar refractivity (Wildman–Crippen MR) is 109 cm³/mol. The Hall–Kier alpha value is -3.67. The summed E-state index contributed by atoms with van der Waals surface area (Å²) in [5, 5.41) is 5.59. The van der Waals surface area contributed by atoms with Crippen molar-refractivity contribution in [3.63, 3.8) is 0 Å². The highest BCUT2D eigenvalue weighted by atomic mass is 16.5. The molecule has 6 nitrogen and oxygen atoms in total. The fourth-order valence-electron chi connectivity index (χ4n) is 2.61. The number of ether oxygens (including phenoxy) is 1. The van der Waals surface area contributed by atoms with Crippen LogP contribution in [-0.4, -0.2) is 23.9 Å². The molecule has 2 amide bonds. The summed E-state index contributed by atoms with van der Waals surface area (Å²) in [6.07, 6.45) is 1.44. The van der Waals surface area contributed by atoms with Gasteiger partial charge >= 0.3 is 0 Å². The molecular weight excluding hydrogens is 354 g/mol. The van der Waals surface area contributed by atoms with E-state index in [1.807, 2.05) is 32.0 Å². The molecule has 6 heteroatoms. The molecule has 0 radical (unpaired) electrons. The summed E-state index contributed by atoms with van der Waals surface area (Å²) in [7, 11) is 1.56. The molecule has 0 fully saturated rings. The van der Waals surface area contributed by atoms with Gasteiger partial charge in [0.1, 0.15) is 11.4 Å². The van der Waals surface area contributed by atoms with Crippen molar-refractivity contribution < 1.29 is 14.3 Å². The molecule has 1 heterocycles. The molecule has 2 N–H and O–H groups in total. The largest absolute Gasteiger partial charge is 0.497 e. The molecule has 142 valence electrons. The second-order valence-corrected chi connectivity index (χ2v) is 6.37. The van der Waals surface area contributed by atoms with Crippen molar-refractivity contribution in [3.8, 4) is 5.75 Å². The Labute approximate surface area is 163 Å². The predicted octanol–water partition coefficient (Wildman–Crippen LogP) is 4.21. The van der Waals surface area contributed by atoms with Gasteiger partial charge in [0.05, 0.1) is 7.11 Å². The van der Waals surface area contributed by atoms with Crippen LogP contribution in [0.5, 0.6) is 5.75 Å². The Bertz CT molecular complexity index is 1030. The topological polar surface area (TPSA) is 80.3 Å². The van der Waals surface area contributed by atoms with Crippen molar-refractivity contribution >= 4 is 23.2 Å². The zero-order chi connectivity index (χ0) is 20.1. The summed E-state index contributed by atoms with van der Waals surface area (Å²) in [5.41, 5.74) is 4.02. The van der Waals surface area contributed by atoms with Crippen molar-refractivity contribution in [2.24, 2.45) is 0 Å². The van der Waals surface area contributed by atoms with Crippen molar-refractivity contribution in [2.75, 3.05) is 17.7 Å². The van der Waals surface area contributed by atoms with Crippen LogP contribution in [0.2, 0.25) is 0 Å². The minimum atomic E-state index is -0.408. The summed E-state index contributed by atoms with van der Waals surface area (Å²) in [5.74, 6) is -0.0811. The Balaban J connectivity index is 1.74. The second-order valence-electron chi connectivity index (χ2n) is 6.37. The summed E-state index contributed by atoms with van der Waals surface area (Å²) < 4.78 is 5.15. The normalized spacial score (nSPS) is 10.2. The first-order valence-corrected chi connectivity index (χ1v) is 8.76. The molecule has 0 spiro atoms. The van der Waals surface area contributed by atoms with Crippen LogP contribution >= 0.6 is 0 Å². The Morgan fingerprint density at radius 2 is 1.61 bits per heavy atom. The van der Waals surface area contributed by atoms with Crippen LogP contribution in [0.25, 0.3) is 0 Å². The number of hydrogen-bond acceptors (Lipinski definition) is 4. The number of benzene rings is 2. The van der Waals surface area contributed by atoms with E-state index in [1.54, 1.807) is 37.4 Å². The third-order valence-corrected chi connectivity index (χ3v) is 4.35. The first kappa shape index (κ1) is 19.1. The van der Waals surface area contributed by atoms with E-state index in [0.717, 1.165) is 11.1 Å². The average molecular weight is 375 g/mol. The molecule has 0 unspecified atom stereocenters. The molecule has 0 aliphatic carbocycles. The first-order valence-electron chi connectivity index (χ1n) is 8.76. The number of nitrogens with one attached hydrogen (secondary N) is 2. The molecule has 0 aliphatic heterocycles. The molecule has 0 bridgehead atoms. The van der Waals surface area contributed by atoms with Crippen LogP contribution in [0, 0.1) is 13.8 Å². The summed E-state index contributed by atoms with van der Waals surface area (Å²) in [4.78, 5) is 29.1. The van der Waals surface area contributed by atoms with Gasteiger partial charge in [-0.1, -0.05) is 12.1 Å². The Morgan fingerprint density at radius 1 is 0.857 bits per heavy atom. The van der Waals surface area contributed by atoms with Gasteiger partial charge in [0.25, 0.3) is 11.8 Å². The number of aryl methyl sites for hydroxylation is 2. The maximum absolute atomic E-state index is 12.5. The molecular formula is C22H21N3O3. The number of nitrogens with zero attached hydrogens (tertiary/aromatic N) is 1. The van der Waals surface area contributed by atoms with Gasteiger partial charge in [-0.15, -0.1) is 0 Å². The van der Waals surface area contributed by atoms with E-state index in [9.17, 15) is 9.59 Å². The van der Waals surface area contributed by atoms with E-state index in [4.69, 9.17) is 4.74 Å². The monoisotopic (exact) mass is 375 g/mol. The lowest BCUT2D eigenvalue weighted by atomic mass is 10.1. The van der Waals surface area contributed by atoms with Gasteiger partial charge in [0.15, 0.2) is 0 Å². The van der Waals surface area contributed by atoms with Crippen molar-refractivity contribution in [1.29, 1.82) is 0 Å². The lowest BCUT2D eigenvalue weighted by Crippen LogP contribution is -2.17. The molecule has 2 aromatic carbocycles. The van der Waals surface area contributed by atoms with Gasteiger partial charge in [-0.2, -0.15) is 0 Å². The fourth-order valence-corrected chi connectivity index (χ4v) is 2.61. The number of rotatable bonds is 5. The maximum atomic E-state index is 12.5. The second kappa shape index (κ2) is 8.35. The third-order valence-electron chi connectivity index (χ3n) is 4.35. The van der Waals surface area contributed by atoms with Crippen LogP contribution in [0.15, 0.2) is 60.8 Å². The first-order chi connectivity index (χ1) is 13.5. The maximum Gasteiger partial charge on any atom is 0.274 e. The molecule has 1 aromatic heterocycles. The van der Waals surface area contributed by atoms with Crippen molar-refractivity contribution in [1.82, 2.24) is 4.98 Å². The van der Waals surface area contributed by atoms with Crippen LogP contribution in [0.3, 0.4) is 0 Å². The number of carbonyl (C=O) groups excluding carboxylic acids is 2. The number of carbonyl (C=O) groups is 2. The Morgan fingerprint density at radius 3 is 2.36 bits per heavy atom. The standard InChI is InChI=1S/C22H21N3O3/c1-14-7-8-18(11-15(14)2)24-21(26)16-9-10-23-20(12-16)22(27)25-17-5-4-6-19(13-17)28-3/h4-13H,1-3H3,(H,24,26)(H,25,27). The smallest absolute Gasteiger partial charge is 0.274 e. The minimum absolute atomic E-state index is 0.149. The third kappa shape index (κ3) is 4.54. The van der Waals surface area contributed by atoms with Crippen molar-refractivity contribution in [2.45, 2.75) is 13.8 Å². The number of anilines is 2. The van der Waals surface area contributed by atoms with Gasteiger partial charge in [-0.25, -0.2) is 0 Å². The molecule has 0 saturated heterocycles. The summed E-state index contributed by atoms with van der Waals surface area (Å²) >= 11 is 0. The lowest BCUT2D eigenvalue weighted by Gasteiger charge is -2.09. The van der Waals surface area contributed by atoms with Crippen LogP contribution in [0.4, 0.5) is 11.4 Å². The minimum Gasteiger partial charge on any atom is -0.497 e. The summed E-state index contributed by atoms with van der Waals surface area (Å²) in [6.45, 7) is 4.00. The molecule has 0 aliphatic rings. The highest BCUT2D eigenvalue weighted by molar-refractivity contribution is 6.07. The number of aromatic nitrogens is 1. The van der Waals surface area contributed by atoms with Crippen LogP contribution < -0.4 is 15.4 Å². The van der Waals surface area contributed by atoms with E-state index in [2.05, 4.69) is 15.6 Å². The lowest BCUT2D eigenvalue weighted by molar-refractivity contribution is 0.102. The average Bonchev–Trinajstić information content (AvgIpc) is 2.71. The SMILES string of the molecule is COc1cccc(NC(=O)c2cc(C(=O)Nc3ccc(C)c(C)c3)ccn2)c1. The number of pyridine rings is 1. The zero-order valence-electron chi connectivity index (χ0n) is 15.9. The van der Waals surface area contributed by atoms with E-state index in [-0.39, 0.29) is 11.6 Å². The van der Waals surface area contributed by atoms with E-state index in [1.165, 1.54) is 12.3 Å². The Kier molecular flexibility index (Phi) is 5.69. The van der Waals surface area contributed by atoms with Gasteiger partial charge in [0.2, 0.25) is 0 Å². The highest BCUT2D eigenvalue weighted by Crippen LogP contribution is 2.18. The van der Waals surface area contributed by atoms with E-state index in [0.29, 0.717) is 22.7 Å². The molecule has 3 rings (SSSR count). The molecule has 3 aromatic rings. The quantitative estimate of drug-likeness (QED) is 0.700. The fraction of sp³-hybridized carbons (Fsp3) is 0.136. The number of methoxy groups -OCH3 is 1. The highest BCUT2D eigenvalue weighted by Gasteiger charge is 2.13. The van der Waals surface area contributed by atoms with Crippen LogP contribution in [0.1, 0.15) is 32.0 Å². The van der Waals surface area contributed by atoms with Crippen molar-refractivity contribution in [3.05, 3.63) is 83.2 Å². The number of amides is 2. The van der Waals surface area contributed by atoms with Gasteiger partial charge in [0, 0.05) is 29.2 Å². The van der Waals surface area contributed by atoms with Gasteiger partial charge < -0.3 is 15.4 Å². The zero-order valence-corrected chi connectivity index (χ0v) is 15.9. The van der Waals surface area contributed by atoms with Gasteiger partial charge in [-0.3, -0.25) is 14.6 Å². The molecule has 0 atom stereocenters. The van der Waals surface area contributed by atoms with Gasteiger partial charge in [-0.05, 0) is 61.4 Å². The van der Waals surface area contributed by atoms with E-state index < -0.39 is 5.91 Å².